The first-order valence-electron chi connectivity index (χ1n) is 5.65. The Morgan fingerprint density at radius 3 is 2.43 bits per heavy atom. The van der Waals surface area contributed by atoms with Gasteiger partial charge in [0.25, 0.3) is 10.0 Å². The third-order valence-corrected chi connectivity index (χ3v) is 5.63. The zero-order valence-corrected chi connectivity index (χ0v) is 14.7. The molecule has 0 bridgehead atoms. The highest BCUT2D eigenvalue weighted by Gasteiger charge is 2.19. The summed E-state index contributed by atoms with van der Waals surface area (Å²) in [5.41, 5.74) is 0.325. The maximum Gasteiger partial charge on any atom is 0.263 e. The smallest absolute Gasteiger partial charge is 0.263 e. The molecule has 2 aromatic carbocycles. The van der Waals surface area contributed by atoms with Gasteiger partial charge in [0.05, 0.1) is 12.8 Å². The van der Waals surface area contributed by atoms with E-state index >= 15 is 0 Å². The molecule has 8 heteroatoms. The average Bonchev–Trinajstić information content (AvgIpc) is 2.40. The molecule has 2 aromatic rings. The lowest BCUT2D eigenvalue weighted by Crippen LogP contribution is -2.14. The second-order valence-corrected chi connectivity index (χ2v) is 7.39. The molecular weight excluding hydrogens is 429 g/mol. The zero-order chi connectivity index (χ0) is 15.6. The first kappa shape index (κ1) is 16.3. The van der Waals surface area contributed by atoms with Crippen molar-refractivity contribution in [1.29, 1.82) is 0 Å². The van der Waals surface area contributed by atoms with Gasteiger partial charge in [-0.1, -0.05) is 0 Å². The van der Waals surface area contributed by atoms with Crippen LogP contribution in [0.3, 0.4) is 0 Å². The van der Waals surface area contributed by atoms with Crippen molar-refractivity contribution in [3.63, 3.8) is 0 Å². The van der Waals surface area contributed by atoms with Crippen molar-refractivity contribution in [2.75, 3.05) is 11.8 Å². The second kappa shape index (κ2) is 6.33. The summed E-state index contributed by atoms with van der Waals surface area (Å²) >= 11 is 6.31. The number of rotatable bonds is 4. The van der Waals surface area contributed by atoms with Gasteiger partial charge in [-0.25, -0.2) is 12.8 Å². The van der Waals surface area contributed by atoms with Gasteiger partial charge < -0.3 is 4.74 Å². The molecule has 112 valence electrons. The molecule has 0 fully saturated rings. The molecule has 2 rings (SSSR count). The van der Waals surface area contributed by atoms with Gasteiger partial charge in [0.2, 0.25) is 0 Å². The Labute approximate surface area is 138 Å². The number of hydrogen-bond acceptors (Lipinski definition) is 3. The molecule has 0 radical (unpaired) electrons. The van der Waals surface area contributed by atoms with Gasteiger partial charge in [-0.2, -0.15) is 0 Å². The summed E-state index contributed by atoms with van der Waals surface area (Å²) in [5.74, 6) is -0.0162. The standard InChI is InChI=1S/C13H10Br2FNO3S/c1-20-9-3-4-10(14)12(7-9)17-21(18,19)13-5-2-8(16)6-11(13)15/h2-7,17H,1H3. The predicted molar refractivity (Wildman–Crippen MR) is 85.6 cm³/mol. The minimum Gasteiger partial charge on any atom is -0.497 e. The third-order valence-electron chi connectivity index (χ3n) is 2.60. The second-order valence-electron chi connectivity index (χ2n) is 4.03. The highest BCUT2D eigenvalue weighted by Crippen LogP contribution is 2.31. The lowest BCUT2D eigenvalue weighted by Gasteiger charge is -2.12. The molecule has 0 aliphatic heterocycles. The maximum atomic E-state index is 13.1. The predicted octanol–water partition coefficient (Wildman–Crippen LogP) is 4.16. The normalized spacial score (nSPS) is 11.2. The number of hydrogen-bond donors (Lipinski definition) is 1. The SMILES string of the molecule is COc1ccc(Br)c(NS(=O)(=O)c2ccc(F)cc2Br)c1. The minimum absolute atomic E-state index is 0.0568. The van der Waals surface area contributed by atoms with E-state index in [1.165, 1.54) is 13.2 Å². The van der Waals surface area contributed by atoms with Gasteiger partial charge in [-0.3, -0.25) is 4.72 Å². The Balaban J connectivity index is 2.42. The molecule has 0 aliphatic carbocycles. The third kappa shape index (κ3) is 3.75. The van der Waals surface area contributed by atoms with Crippen LogP contribution in [-0.4, -0.2) is 15.5 Å². The number of halogens is 3. The van der Waals surface area contributed by atoms with E-state index in [1.54, 1.807) is 18.2 Å². The molecule has 1 N–H and O–H groups in total. The van der Waals surface area contributed by atoms with Crippen molar-refractivity contribution >= 4 is 47.6 Å². The molecule has 0 saturated carbocycles. The van der Waals surface area contributed by atoms with E-state index in [9.17, 15) is 12.8 Å². The molecule has 0 heterocycles. The van der Waals surface area contributed by atoms with E-state index in [4.69, 9.17) is 4.74 Å². The number of anilines is 1. The molecular formula is C13H10Br2FNO3S. The van der Waals surface area contributed by atoms with Crippen LogP contribution in [0.5, 0.6) is 5.75 Å². The zero-order valence-electron chi connectivity index (χ0n) is 10.7. The van der Waals surface area contributed by atoms with Gasteiger partial charge in [0.15, 0.2) is 0 Å². The van der Waals surface area contributed by atoms with E-state index in [2.05, 4.69) is 36.6 Å². The molecule has 0 spiro atoms. The van der Waals surface area contributed by atoms with Gasteiger partial charge in [0.1, 0.15) is 16.5 Å². The van der Waals surface area contributed by atoms with Crippen LogP contribution in [0.1, 0.15) is 0 Å². The Morgan fingerprint density at radius 2 is 1.81 bits per heavy atom. The lowest BCUT2D eigenvalue weighted by atomic mass is 10.3. The summed E-state index contributed by atoms with van der Waals surface area (Å²) in [6.45, 7) is 0. The van der Waals surface area contributed by atoms with E-state index in [1.807, 2.05) is 0 Å². The fourth-order valence-corrected chi connectivity index (χ4v) is 4.20. The number of sulfonamides is 1. The van der Waals surface area contributed by atoms with Gasteiger partial charge in [0, 0.05) is 15.0 Å². The molecule has 0 saturated heterocycles. The van der Waals surface area contributed by atoms with Crippen LogP contribution in [0.15, 0.2) is 50.2 Å². The van der Waals surface area contributed by atoms with E-state index < -0.39 is 15.8 Å². The topological polar surface area (TPSA) is 55.4 Å². The Kier molecular flexibility index (Phi) is 4.90. The molecule has 4 nitrogen and oxygen atoms in total. The summed E-state index contributed by atoms with van der Waals surface area (Å²) in [6, 6.07) is 8.26. The van der Waals surface area contributed by atoms with Crippen molar-refractivity contribution in [2.24, 2.45) is 0 Å². The Hall–Kier alpha value is -1.12. The van der Waals surface area contributed by atoms with Crippen LogP contribution in [0.25, 0.3) is 0 Å². The highest BCUT2D eigenvalue weighted by atomic mass is 79.9. The number of ether oxygens (including phenoxy) is 1. The van der Waals surface area contributed by atoms with Crippen molar-refractivity contribution in [2.45, 2.75) is 4.90 Å². The Morgan fingerprint density at radius 1 is 1.10 bits per heavy atom. The summed E-state index contributed by atoms with van der Waals surface area (Å²) in [4.78, 5) is -0.0568. The molecule has 0 amide bonds. The van der Waals surface area contributed by atoms with Crippen LogP contribution in [0.2, 0.25) is 0 Å². The highest BCUT2D eigenvalue weighted by molar-refractivity contribution is 9.11. The first-order chi connectivity index (χ1) is 9.83. The number of benzene rings is 2. The van der Waals surface area contributed by atoms with Crippen molar-refractivity contribution < 1.29 is 17.5 Å². The molecule has 0 atom stereocenters. The van der Waals surface area contributed by atoms with E-state index in [0.29, 0.717) is 15.9 Å². The number of nitrogens with one attached hydrogen (secondary N) is 1. The Bertz CT molecular complexity index is 781. The van der Waals surface area contributed by atoms with Crippen LogP contribution < -0.4 is 9.46 Å². The monoisotopic (exact) mass is 437 g/mol. The van der Waals surface area contributed by atoms with Crippen molar-refractivity contribution in [3.8, 4) is 5.75 Å². The van der Waals surface area contributed by atoms with Crippen LogP contribution in [0, 0.1) is 5.82 Å². The average molecular weight is 439 g/mol. The molecule has 21 heavy (non-hydrogen) atoms. The summed E-state index contributed by atoms with van der Waals surface area (Å²) in [7, 11) is -2.37. The molecule has 0 unspecified atom stereocenters. The lowest BCUT2D eigenvalue weighted by molar-refractivity contribution is 0.415. The fraction of sp³-hybridized carbons (Fsp3) is 0.0769. The molecule has 0 aromatic heterocycles. The van der Waals surface area contributed by atoms with Gasteiger partial charge in [-0.15, -0.1) is 0 Å². The summed E-state index contributed by atoms with van der Waals surface area (Å²) < 4.78 is 46.0. The van der Waals surface area contributed by atoms with Crippen molar-refractivity contribution in [3.05, 3.63) is 51.2 Å². The van der Waals surface area contributed by atoms with Crippen LogP contribution in [0.4, 0.5) is 10.1 Å². The van der Waals surface area contributed by atoms with E-state index in [0.717, 1.165) is 12.1 Å². The number of methoxy groups -OCH3 is 1. The van der Waals surface area contributed by atoms with Gasteiger partial charge in [-0.05, 0) is 62.2 Å². The summed E-state index contributed by atoms with van der Waals surface area (Å²) in [5, 5.41) is 0. The quantitative estimate of drug-likeness (QED) is 0.779. The van der Waals surface area contributed by atoms with E-state index in [-0.39, 0.29) is 9.37 Å². The fourth-order valence-electron chi connectivity index (χ4n) is 1.60. The minimum atomic E-state index is -3.86. The first-order valence-corrected chi connectivity index (χ1v) is 8.72. The molecule has 0 aliphatic rings. The van der Waals surface area contributed by atoms with Crippen LogP contribution in [-0.2, 0) is 10.0 Å². The maximum absolute atomic E-state index is 13.1. The van der Waals surface area contributed by atoms with Crippen LogP contribution >= 0.6 is 31.9 Å². The van der Waals surface area contributed by atoms with Gasteiger partial charge >= 0.3 is 0 Å². The largest absolute Gasteiger partial charge is 0.497 e. The summed E-state index contributed by atoms with van der Waals surface area (Å²) in [6.07, 6.45) is 0. The van der Waals surface area contributed by atoms with Crippen molar-refractivity contribution in [1.82, 2.24) is 0 Å².